The molecule has 1 aromatic carbocycles. The van der Waals surface area contributed by atoms with Crippen molar-refractivity contribution in [3.63, 3.8) is 0 Å². The van der Waals surface area contributed by atoms with Gasteiger partial charge in [0.1, 0.15) is 6.54 Å². The van der Waals surface area contributed by atoms with Gasteiger partial charge >= 0.3 is 0 Å². The lowest BCUT2D eigenvalue weighted by Gasteiger charge is -2.28. The lowest BCUT2D eigenvalue weighted by atomic mass is 10.2. The highest BCUT2D eigenvalue weighted by atomic mass is 32.2. The number of rotatable bonds is 3. The number of nitrogens with zero attached hydrogens (tertiary/aromatic N) is 1. The lowest BCUT2D eigenvalue weighted by molar-refractivity contribution is -0.123. The smallest absolute Gasteiger partial charge is 0.240 e. The first-order valence-electron chi connectivity index (χ1n) is 5.89. The van der Waals surface area contributed by atoms with Crippen LogP contribution in [0.5, 0.6) is 0 Å². The molecule has 1 N–H and O–H groups in total. The summed E-state index contributed by atoms with van der Waals surface area (Å²) < 4.78 is 0. The molecule has 1 aliphatic heterocycles. The quantitative estimate of drug-likeness (QED) is 0.903. The Bertz CT molecular complexity index is 474. The van der Waals surface area contributed by atoms with E-state index in [1.807, 2.05) is 38.1 Å². The van der Waals surface area contributed by atoms with E-state index in [0.717, 1.165) is 10.6 Å². The van der Waals surface area contributed by atoms with Crippen molar-refractivity contribution in [3.05, 3.63) is 24.3 Å². The van der Waals surface area contributed by atoms with E-state index < -0.39 is 0 Å². The SMILES string of the molecule is CC(C)NC(=O)CN1C(=O)CSc2ccccc21. The predicted molar refractivity (Wildman–Crippen MR) is 72.8 cm³/mol. The molecule has 0 radical (unpaired) electrons. The Hall–Kier alpha value is -1.49. The molecule has 18 heavy (non-hydrogen) atoms. The first-order valence-corrected chi connectivity index (χ1v) is 6.88. The average Bonchev–Trinajstić information content (AvgIpc) is 2.32. The van der Waals surface area contributed by atoms with Gasteiger partial charge < -0.3 is 10.2 Å². The van der Waals surface area contributed by atoms with Crippen LogP contribution in [0, 0.1) is 0 Å². The fourth-order valence-electron chi connectivity index (χ4n) is 1.84. The van der Waals surface area contributed by atoms with Crippen molar-refractivity contribution in [3.8, 4) is 0 Å². The van der Waals surface area contributed by atoms with Gasteiger partial charge in [0.25, 0.3) is 0 Å². The zero-order valence-corrected chi connectivity index (χ0v) is 11.3. The minimum atomic E-state index is -0.125. The molecule has 96 valence electrons. The molecule has 5 heteroatoms. The molecular formula is C13H16N2O2S. The van der Waals surface area contributed by atoms with E-state index in [0.29, 0.717) is 5.75 Å². The molecule has 0 fully saturated rings. The minimum absolute atomic E-state index is 0.0161. The molecule has 1 aliphatic rings. The van der Waals surface area contributed by atoms with Gasteiger partial charge in [-0.2, -0.15) is 0 Å². The van der Waals surface area contributed by atoms with Crippen molar-refractivity contribution in [2.45, 2.75) is 24.8 Å². The summed E-state index contributed by atoms with van der Waals surface area (Å²) in [6.45, 7) is 3.90. The number of anilines is 1. The van der Waals surface area contributed by atoms with E-state index in [4.69, 9.17) is 0 Å². The minimum Gasteiger partial charge on any atom is -0.352 e. The number of amides is 2. The van der Waals surface area contributed by atoms with Crippen LogP contribution >= 0.6 is 11.8 Å². The van der Waals surface area contributed by atoms with Crippen molar-refractivity contribution < 1.29 is 9.59 Å². The van der Waals surface area contributed by atoms with Gasteiger partial charge in [-0.05, 0) is 26.0 Å². The molecule has 4 nitrogen and oxygen atoms in total. The number of carbonyl (C=O) groups excluding carboxylic acids is 2. The monoisotopic (exact) mass is 264 g/mol. The third kappa shape index (κ3) is 2.85. The average molecular weight is 264 g/mol. The van der Waals surface area contributed by atoms with Crippen molar-refractivity contribution in [2.75, 3.05) is 17.2 Å². The van der Waals surface area contributed by atoms with Crippen LogP contribution in [-0.2, 0) is 9.59 Å². The molecule has 0 unspecified atom stereocenters. The largest absolute Gasteiger partial charge is 0.352 e. The Kier molecular flexibility index (Phi) is 3.91. The highest BCUT2D eigenvalue weighted by Crippen LogP contribution is 2.34. The van der Waals surface area contributed by atoms with Crippen LogP contribution in [0.15, 0.2) is 29.2 Å². The number of hydrogen-bond donors (Lipinski definition) is 1. The molecule has 0 spiro atoms. The number of nitrogens with one attached hydrogen (secondary N) is 1. The van der Waals surface area contributed by atoms with Crippen molar-refractivity contribution in [1.29, 1.82) is 0 Å². The van der Waals surface area contributed by atoms with Crippen LogP contribution in [0.2, 0.25) is 0 Å². The summed E-state index contributed by atoms with van der Waals surface area (Å²) in [4.78, 5) is 26.3. The molecule has 0 saturated carbocycles. The maximum atomic E-state index is 11.9. The second kappa shape index (κ2) is 5.44. The molecule has 0 atom stereocenters. The van der Waals surface area contributed by atoms with Crippen LogP contribution in [0.25, 0.3) is 0 Å². The van der Waals surface area contributed by atoms with Gasteiger partial charge in [0.05, 0.1) is 11.4 Å². The summed E-state index contributed by atoms with van der Waals surface area (Å²) in [7, 11) is 0. The number of para-hydroxylation sites is 1. The molecule has 2 rings (SSSR count). The molecule has 1 heterocycles. The van der Waals surface area contributed by atoms with Gasteiger partial charge in [0, 0.05) is 10.9 Å². The number of fused-ring (bicyclic) bond motifs is 1. The maximum absolute atomic E-state index is 11.9. The third-order valence-corrected chi connectivity index (χ3v) is 3.61. The maximum Gasteiger partial charge on any atom is 0.240 e. The zero-order chi connectivity index (χ0) is 13.1. The van der Waals surface area contributed by atoms with Gasteiger partial charge in [0.15, 0.2) is 0 Å². The second-order valence-corrected chi connectivity index (χ2v) is 5.48. The van der Waals surface area contributed by atoms with Crippen LogP contribution in [0.3, 0.4) is 0 Å². The number of carbonyl (C=O) groups is 2. The van der Waals surface area contributed by atoms with E-state index in [-0.39, 0.29) is 24.4 Å². The van der Waals surface area contributed by atoms with E-state index in [1.54, 1.807) is 4.90 Å². The predicted octanol–water partition coefficient (Wildman–Crippen LogP) is 1.65. The first-order chi connectivity index (χ1) is 8.58. The fraction of sp³-hybridized carbons (Fsp3) is 0.385. The second-order valence-electron chi connectivity index (χ2n) is 4.46. The van der Waals surface area contributed by atoms with Crippen LogP contribution in [0.1, 0.15) is 13.8 Å². The lowest BCUT2D eigenvalue weighted by Crippen LogP contribution is -2.44. The van der Waals surface area contributed by atoms with Gasteiger partial charge in [-0.3, -0.25) is 9.59 Å². The fourth-order valence-corrected chi connectivity index (χ4v) is 2.77. The normalized spacial score (nSPS) is 14.6. The molecule has 2 amide bonds. The van der Waals surface area contributed by atoms with Gasteiger partial charge in [-0.25, -0.2) is 0 Å². The Morgan fingerprint density at radius 1 is 1.44 bits per heavy atom. The van der Waals surface area contributed by atoms with Crippen molar-refractivity contribution in [2.24, 2.45) is 0 Å². The first kappa shape index (κ1) is 13.0. The summed E-state index contributed by atoms with van der Waals surface area (Å²) >= 11 is 1.52. The van der Waals surface area contributed by atoms with Gasteiger partial charge in [0.2, 0.25) is 11.8 Å². The van der Waals surface area contributed by atoms with Gasteiger partial charge in [-0.15, -0.1) is 11.8 Å². The summed E-state index contributed by atoms with van der Waals surface area (Å²) in [6, 6.07) is 7.75. The summed E-state index contributed by atoms with van der Waals surface area (Å²) in [5.74, 6) is 0.254. The molecule has 0 aromatic heterocycles. The van der Waals surface area contributed by atoms with Crippen molar-refractivity contribution >= 4 is 29.3 Å². The Labute approximate surface area is 111 Å². The summed E-state index contributed by atoms with van der Waals surface area (Å²) in [6.07, 6.45) is 0. The number of thioether (sulfide) groups is 1. The van der Waals surface area contributed by atoms with E-state index >= 15 is 0 Å². The van der Waals surface area contributed by atoms with Crippen molar-refractivity contribution in [1.82, 2.24) is 5.32 Å². The Morgan fingerprint density at radius 3 is 2.89 bits per heavy atom. The third-order valence-electron chi connectivity index (χ3n) is 2.56. The standard InChI is InChI=1S/C13H16N2O2S/c1-9(2)14-12(16)7-15-10-5-3-4-6-11(10)18-8-13(15)17/h3-6,9H,7-8H2,1-2H3,(H,14,16). The van der Waals surface area contributed by atoms with Crippen LogP contribution < -0.4 is 10.2 Å². The van der Waals surface area contributed by atoms with E-state index in [2.05, 4.69) is 5.32 Å². The highest BCUT2D eigenvalue weighted by Gasteiger charge is 2.26. The molecule has 0 aliphatic carbocycles. The summed E-state index contributed by atoms with van der Waals surface area (Å²) in [5.41, 5.74) is 0.831. The molecule has 0 bridgehead atoms. The Balaban J connectivity index is 2.17. The molecule has 0 saturated heterocycles. The van der Waals surface area contributed by atoms with E-state index in [1.165, 1.54) is 11.8 Å². The van der Waals surface area contributed by atoms with E-state index in [9.17, 15) is 9.59 Å². The topological polar surface area (TPSA) is 49.4 Å². The number of hydrogen-bond acceptors (Lipinski definition) is 3. The highest BCUT2D eigenvalue weighted by molar-refractivity contribution is 8.00. The van der Waals surface area contributed by atoms with Crippen LogP contribution in [0.4, 0.5) is 5.69 Å². The van der Waals surface area contributed by atoms with Gasteiger partial charge in [-0.1, -0.05) is 12.1 Å². The number of benzene rings is 1. The van der Waals surface area contributed by atoms with Crippen LogP contribution in [-0.4, -0.2) is 30.2 Å². The Morgan fingerprint density at radius 2 is 2.17 bits per heavy atom. The summed E-state index contributed by atoms with van der Waals surface area (Å²) in [5, 5.41) is 2.80. The molecular weight excluding hydrogens is 248 g/mol. The zero-order valence-electron chi connectivity index (χ0n) is 10.5. The molecule has 1 aromatic rings.